The number of hydrogen-bond donors (Lipinski definition) is 8. The van der Waals surface area contributed by atoms with E-state index >= 15 is 0 Å². The van der Waals surface area contributed by atoms with Crippen LogP contribution in [0.2, 0.25) is 0 Å². The van der Waals surface area contributed by atoms with E-state index in [2.05, 4.69) is 25.9 Å². The number of carboxylic acid groups (broad SMARTS) is 1. The van der Waals surface area contributed by atoms with Crippen molar-refractivity contribution in [1.29, 1.82) is 0 Å². The number of carbonyl (C=O) groups is 5. The molecule has 14 heteroatoms. The van der Waals surface area contributed by atoms with Crippen molar-refractivity contribution in [2.75, 3.05) is 0 Å². The molecule has 4 atom stereocenters. The van der Waals surface area contributed by atoms with Crippen molar-refractivity contribution in [3.8, 4) is 5.75 Å². The molecule has 0 saturated heterocycles. The lowest BCUT2D eigenvalue weighted by Crippen LogP contribution is -2.58. The van der Waals surface area contributed by atoms with Gasteiger partial charge in [-0.1, -0.05) is 42.5 Å². The van der Waals surface area contributed by atoms with Crippen LogP contribution in [0.4, 0.5) is 0 Å². The lowest BCUT2D eigenvalue weighted by molar-refractivity contribution is -0.143. The molecular weight excluding hydrogens is 546 g/mol. The molecule has 0 saturated carbocycles. The van der Waals surface area contributed by atoms with Crippen molar-refractivity contribution >= 4 is 29.6 Å². The smallest absolute Gasteiger partial charge is 0.326 e. The fourth-order valence-corrected chi connectivity index (χ4v) is 4.09. The van der Waals surface area contributed by atoms with E-state index in [4.69, 9.17) is 11.5 Å². The summed E-state index contributed by atoms with van der Waals surface area (Å²) >= 11 is 0. The summed E-state index contributed by atoms with van der Waals surface area (Å²) in [4.78, 5) is 69.3. The number of imidazole rings is 1. The van der Waals surface area contributed by atoms with E-state index in [0.717, 1.165) is 5.56 Å². The second-order valence-electron chi connectivity index (χ2n) is 9.64. The standard InChI is InChI=1S/C28H33N7O7/c29-20(10-16-4-2-1-3-5-16)25(38)33-21(11-17-6-8-19(36)9-7-17)26(39)34-22(12-18-14-31-15-32-18)27(40)35-23(28(41)42)13-24(30)37/h1-9,14-15,20-23,36H,10-13,29H2,(H2,30,37)(H,31,32)(H,33,38)(H,34,39)(H,35,40)(H,41,42). The third kappa shape index (κ3) is 9.75. The number of hydrogen-bond acceptors (Lipinski definition) is 8. The number of aromatic hydroxyl groups is 1. The Hall–Kier alpha value is -5.24. The summed E-state index contributed by atoms with van der Waals surface area (Å²) in [6, 6.07) is 9.92. The number of nitrogens with zero attached hydrogens (tertiary/aromatic N) is 1. The zero-order valence-corrected chi connectivity index (χ0v) is 22.5. The van der Waals surface area contributed by atoms with Crippen molar-refractivity contribution in [3.05, 3.63) is 83.9 Å². The maximum Gasteiger partial charge on any atom is 0.326 e. The molecule has 10 N–H and O–H groups in total. The molecule has 1 heterocycles. The molecular formula is C28H33N7O7. The molecule has 4 unspecified atom stereocenters. The molecule has 0 aliphatic heterocycles. The molecule has 0 aliphatic rings. The molecule has 4 amide bonds. The number of phenolic OH excluding ortho intramolecular Hbond substituents is 1. The predicted octanol–water partition coefficient (Wildman–Crippen LogP) is -1.12. The third-order valence-corrected chi connectivity index (χ3v) is 6.28. The van der Waals surface area contributed by atoms with Crippen LogP contribution in [-0.4, -0.2) is 73.9 Å². The van der Waals surface area contributed by atoms with Gasteiger partial charge in [0.15, 0.2) is 0 Å². The number of amides is 4. The maximum absolute atomic E-state index is 13.6. The van der Waals surface area contributed by atoms with Crippen molar-refractivity contribution in [3.63, 3.8) is 0 Å². The van der Waals surface area contributed by atoms with Crippen molar-refractivity contribution < 1.29 is 34.2 Å². The highest BCUT2D eigenvalue weighted by molar-refractivity contribution is 5.95. The normalized spacial score (nSPS) is 13.6. The third-order valence-electron chi connectivity index (χ3n) is 6.28. The van der Waals surface area contributed by atoms with E-state index in [1.165, 1.54) is 24.7 Å². The number of nitrogens with one attached hydrogen (secondary N) is 4. The first kappa shape index (κ1) is 31.3. The Bertz CT molecular complexity index is 1370. The largest absolute Gasteiger partial charge is 0.508 e. The number of aliphatic carboxylic acids is 1. The highest BCUT2D eigenvalue weighted by Gasteiger charge is 2.31. The van der Waals surface area contributed by atoms with Gasteiger partial charge in [-0.05, 0) is 29.7 Å². The van der Waals surface area contributed by atoms with Gasteiger partial charge < -0.3 is 42.6 Å². The average Bonchev–Trinajstić information content (AvgIpc) is 3.46. The van der Waals surface area contributed by atoms with Gasteiger partial charge in [0.05, 0.1) is 18.8 Å². The van der Waals surface area contributed by atoms with Crippen molar-refractivity contribution in [2.45, 2.75) is 49.9 Å². The van der Waals surface area contributed by atoms with Crippen LogP contribution in [-0.2, 0) is 43.2 Å². The number of carboxylic acids is 1. The van der Waals surface area contributed by atoms with Gasteiger partial charge in [0, 0.05) is 24.7 Å². The predicted molar refractivity (Wildman–Crippen MR) is 149 cm³/mol. The zero-order valence-electron chi connectivity index (χ0n) is 22.5. The number of nitrogens with two attached hydrogens (primary N) is 2. The van der Waals surface area contributed by atoms with E-state index in [0.29, 0.717) is 11.3 Å². The first-order valence-corrected chi connectivity index (χ1v) is 13.0. The second-order valence-corrected chi connectivity index (χ2v) is 9.64. The summed E-state index contributed by atoms with van der Waals surface area (Å²) in [6.07, 6.45) is 2.19. The Morgan fingerprint density at radius 1 is 0.786 bits per heavy atom. The minimum Gasteiger partial charge on any atom is -0.508 e. The maximum atomic E-state index is 13.6. The monoisotopic (exact) mass is 579 g/mol. The summed E-state index contributed by atoms with van der Waals surface area (Å²) in [5.41, 5.74) is 13.1. The molecule has 3 aromatic rings. The summed E-state index contributed by atoms with van der Waals surface area (Å²) in [6.45, 7) is 0. The van der Waals surface area contributed by atoms with Gasteiger partial charge in [-0.3, -0.25) is 19.2 Å². The SMILES string of the molecule is NC(=O)CC(NC(=O)C(Cc1cnc[nH]1)NC(=O)C(Cc1ccc(O)cc1)NC(=O)C(N)Cc1ccccc1)C(=O)O. The van der Waals surface area contributed by atoms with Gasteiger partial charge in [-0.15, -0.1) is 0 Å². The second kappa shape index (κ2) is 14.9. The molecule has 0 radical (unpaired) electrons. The van der Waals surface area contributed by atoms with Gasteiger partial charge in [0.1, 0.15) is 23.9 Å². The molecule has 222 valence electrons. The van der Waals surface area contributed by atoms with Crippen LogP contribution < -0.4 is 27.4 Å². The Kier molecular flexibility index (Phi) is 11.1. The lowest BCUT2D eigenvalue weighted by atomic mass is 10.0. The highest BCUT2D eigenvalue weighted by atomic mass is 16.4. The van der Waals surface area contributed by atoms with Crippen LogP contribution in [0.3, 0.4) is 0 Å². The van der Waals surface area contributed by atoms with E-state index in [-0.39, 0.29) is 25.0 Å². The van der Waals surface area contributed by atoms with Crippen LogP contribution in [0.5, 0.6) is 5.75 Å². The van der Waals surface area contributed by atoms with Crippen LogP contribution in [0.1, 0.15) is 23.2 Å². The summed E-state index contributed by atoms with van der Waals surface area (Å²) in [7, 11) is 0. The van der Waals surface area contributed by atoms with Gasteiger partial charge >= 0.3 is 5.97 Å². The van der Waals surface area contributed by atoms with Crippen LogP contribution in [0.15, 0.2) is 67.1 Å². The van der Waals surface area contributed by atoms with Crippen LogP contribution in [0, 0.1) is 0 Å². The van der Waals surface area contributed by atoms with Gasteiger partial charge in [0.2, 0.25) is 23.6 Å². The quantitative estimate of drug-likeness (QED) is 0.109. The number of H-pyrrole nitrogens is 1. The molecule has 3 rings (SSSR count). The minimum atomic E-state index is -1.63. The van der Waals surface area contributed by atoms with Crippen molar-refractivity contribution in [2.24, 2.45) is 11.5 Å². The first-order valence-electron chi connectivity index (χ1n) is 13.0. The number of phenols is 1. The molecule has 14 nitrogen and oxygen atoms in total. The van der Waals surface area contributed by atoms with Crippen molar-refractivity contribution in [1.82, 2.24) is 25.9 Å². The number of rotatable bonds is 15. The van der Waals surface area contributed by atoms with Gasteiger partial charge in [0.25, 0.3) is 0 Å². The fraction of sp³-hybridized carbons (Fsp3) is 0.286. The lowest BCUT2D eigenvalue weighted by Gasteiger charge is -2.25. The summed E-state index contributed by atoms with van der Waals surface area (Å²) < 4.78 is 0. The van der Waals surface area contributed by atoms with E-state index in [1.807, 2.05) is 30.3 Å². The number of aromatic amines is 1. The molecule has 42 heavy (non-hydrogen) atoms. The molecule has 0 aliphatic carbocycles. The number of aromatic nitrogens is 2. The van der Waals surface area contributed by atoms with E-state index in [1.54, 1.807) is 12.1 Å². The molecule has 0 bridgehead atoms. The highest BCUT2D eigenvalue weighted by Crippen LogP contribution is 2.12. The average molecular weight is 580 g/mol. The molecule has 1 aromatic heterocycles. The Balaban J connectivity index is 1.82. The molecule has 0 fully saturated rings. The Morgan fingerprint density at radius 3 is 1.93 bits per heavy atom. The minimum absolute atomic E-state index is 0.00825. The van der Waals surface area contributed by atoms with E-state index < -0.39 is 60.2 Å². The van der Waals surface area contributed by atoms with E-state index in [9.17, 15) is 34.2 Å². The van der Waals surface area contributed by atoms with Crippen LogP contribution >= 0.6 is 0 Å². The van der Waals surface area contributed by atoms with Gasteiger partial charge in [-0.25, -0.2) is 9.78 Å². The number of benzene rings is 2. The number of carbonyl (C=O) groups excluding carboxylic acids is 4. The topological polar surface area (TPSA) is 243 Å². The van der Waals surface area contributed by atoms with Gasteiger partial charge in [-0.2, -0.15) is 0 Å². The summed E-state index contributed by atoms with van der Waals surface area (Å²) in [5, 5.41) is 26.5. The molecule has 0 spiro atoms. The fourth-order valence-electron chi connectivity index (χ4n) is 4.09. The zero-order chi connectivity index (χ0) is 30.6. The molecule has 2 aromatic carbocycles. The number of primary amides is 1. The summed E-state index contributed by atoms with van der Waals surface area (Å²) in [5.74, 6) is -4.69. The first-order chi connectivity index (χ1) is 20.0. The Morgan fingerprint density at radius 2 is 1.36 bits per heavy atom. The Labute approximate surface area is 240 Å². The van der Waals surface area contributed by atoms with Crippen LogP contribution in [0.25, 0.3) is 0 Å².